The van der Waals surface area contributed by atoms with Gasteiger partial charge in [-0.1, -0.05) is 12.1 Å². The summed E-state index contributed by atoms with van der Waals surface area (Å²) in [5.74, 6) is -2.19. The molecule has 1 N–H and O–H groups in total. The van der Waals surface area contributed by atoms with Gasteiger partial charge < -0.3 is 10.0 Å². The number of halogens is 2. The molecule has 0 heterocycles. The molecule has 1 aromatic carbocycles. The van der Waals surface area contributed by atoms with Crippen molar-refractivity contribution in [2.24, 2.45) is 0 Å². The molecule has 19 heavy (non-hydrogen) atoms. The van der Waals surface area contributed by atoms with E-state index in [1.807, 2.05) is 13.8 Å². The predicted molar refractivity (Wildman–Crippen MR) is 68.6 cm³/mol. The van der Waals surface area contributed by atoms with Crippen LogP contribution in [0.15, 0.2) is 18.2 Å². The Morgan fingerprint density at radius 3 is 2.63 bits per heavy atom. The van der Waals surface area contributed by atoms with Crippen LogP contribution in [0.4, 0.5) is 8.78 Å². The van der Waals surface area contributed by atoms with Crippen LogP contribution < -0.4 is 0 Å². The number of rotatable bonds is 6. The molecule has 0 aromatic heterocycles. The molecule has 0 saturated heterocycles. The number of benzene rings is 1. The maximum Gasteiger partial charge on any atom is 0.227 e. The minimum absolute atomic E-state index is 0.00910. The lowest BCUT2D eigenvalue weighted by Crippen LogP contribution is -2.39. The zero-order valence-electron chi connectivity index (χ0n) is 11.2. The van der Waals surface area contributed by atoms with Crippen LogP contribution in [-0.4, -0.2) is 35.1 Å². The summed E-state index contributed by atoms with van der Waals surface area (Å²) in [7, 11) is 0. The van der Waals surface area contributed by atoms with E-state index in [0.29, 0.717) is 13.0 Å². The topological polar surface area (TPSA) is 40.5 Å². The van der Waals surface area contributed by atoms with Crippen molar-refractivity contribution >= 4 is 5.91 Å². The molecule has 0 aliphatic heterocycles. The lowest BCUT2D eigenvalue weighted by Gasteiger charge is -2.26. The highest BCUT2D eigenvalue weighted by atomic mass is 19.2. The predicted octanol–water partition coefficient (Wildman–Crippen LogP) is 2.13. The fraction of sp³-hybridized carbons (Fsp3) is 0.500. The van der Waals surface area contributed by atoms with E-state index in [2.05, 4.69) is 0 Å². The summed E-state index contributed by atoms with van der Waals surface area (Å²) >= 11 is 0. The van der Waals surface area contributed by atoms with Gasteiger partial charge >= 0.3 is 0 Å². The lowest BCUT2D eigenvalue weighted by molar-refractivity contribution is -0.132. The van der Waals surface area contributed by atoms with Crippen molar-refractivity contribution < 1.29 is 18.7 Å². The van der Waals surface area contributed by atoms with Crippen LogP contribution in [0.1, 0.15) is 25.8 Å². The van der Waals surface area contributed by atoms with Crippen molar-refractivity contribution in [3.63, 3.8) is 0 Å². The SMILES string of the molecule is CC(C)N(CCCO)C(=O)Cc1cccc(F)c1F. The molecule has 0 saturated carbocycles. The second kappa shape index (κ2) is 7.19. The van der Waals surface area contributed by atoms with Crippen LogP contribution >= 0.6 is 0 Å². The van der Waals surface area contributed by atoms with Gasteiger partial charge in [-0.15, -0.1) is 0 Å². The normalized spacial score (nSPS) is 10.8. The van der Waals surface area contributed by atoms with Gasteiger partial charge in [0.1, 0.15) is 0 Å². The molecule has 1 rings (SSSR count). The van der Waals surface area contributed by atoms with Crippen LogP contribution in [-0.2, 0) is 11.2 Å². The molecule has 3 nitrogen and oxygen atoms in total. The zero-order valence-corrected chi connectivity index (χ0v) is 11.2. The van der Waals surface area contributed by atoms with Crippen LogP contribution in [0.5, 0.6) is 0 Å². The molecule has 0 unspecified atom stereocenters. The van der Waals surface area contributed by atoms with Crippen molar-refractivity contribution in [2.45, 2.75) is 32.7 Å². The quantitative estimate of drug-likeness (QED) is 0.861. The minimum atomic E-state index is -0.971. The summed E-state index contributed by atoms with van der Waals surface area (Å²) in [5, 5.41) is 8.80. The minimum Gasteiger partial charge on any atom is -0.396 e. The standard InChI is InChI=1S/C14H19F2NO2/c1-10(2)17(7-4-8-18)13(19)9-11-5-3-6-12(15)14(11)16/h3,5-6,10,18H,4,7-9H2,1-2H3. The molecule has 0 fully saturated rings. The maximum absolute atomic E-state index is 13.5. The van der Waals surface area contributed by atoms with Crippen molar-refractivity contribution in [3.05, 3.63) is 35.4 Å². The summed E-state index contributed by atoms with van der Waals surface area (Å²) in [5.41, 5.74) is 0.0552. The molecule has 1 aromatic rings. The summed E-state index contributed by atoms with van der Waals surface area (Å²) in [6.07, 6.45) is 0.294. The highest BCUT2D eigenvalue weighted by Gasteiger charge is 2.19. The zero-order chi connectivity index (χ0) is 14.4. The molecule has 0 bridgehead atoms. The highest BCUT2D eigenvalue weighted by molar-refractivity contribution is 5.79. The maximum atomic E-state index is 13.5. The Labute approximate surface area is 111 Å². The number of aliphatic hydroxyl groups excluding tert-OH is 1. The molecule has 0 aliphatic rings. The van der Waals surface area contributed by atoms with Gasteiger partial charge in [0.2, 0.25) is 5.91 Å². The third-order valence-electron chi connectivity index (χ3n) is 2.87. The first-order valence-corrected chi connectivity index (χ1v) is 6.30. The number of nitrogens with zero attached hydrogens (tertiary/aromatic N) is 1. The molecule has 0 spiro atoms. The van der Waals surface area contributed by atoms with Gasteiger partial charge in [0.15, 0.2) is 11.6 Å². The van der Waals surface area contributed by atoms with Crippen LogP contribution in [0.25, 0.3) is 0 Å². The van der Waals surface area contributed by atoms with E-state index in [4.69, 9.17) is 5.11 Å². The Morgan fingerprint density at radius 1 is 1.37 bits per heavy atom. The summed E-state index contributed by atoms with van der Waals surface area (Å²) < 4.78 is 26.6. The van der Waals surface area contributed by atoms with E-state index in [0.717, 1.165) is 6.07 Å². The van der Waals surface area contributed by atoms with Gasteiger partial charge in [0.05, 0.1) is 6.42 Å². The van der Waals surface area contributed by atoms with Crippen molar-refractivity contribution in [2.75, 3.05) is 13.2 Å². The van der Waals surface area contributed by atoms with E-state index in [9.17, 15) is 13.6 Å². The summed E-state index contributed by atoms with van der Waals surface area (Å²) in [6.45, 7) is 4.09. The Bertz CT molecular complexity index is 435. The molecular weight excluding hydrogens is 252 g/mol. The molecule has 0 aliphatic carbocycles. The number of aliphatic hydroxyl groups is 1. The number of hydrogen-bond donors (Lipinski definition) is 1. The van der Waals surface area contributed by atoms with E-state index in [1.165, 1.54) is 12.1 Å². The van der Waals surface area contributed by atoms with Gasteiger partial charge in [-0.2, -0.15) is 0 Å². The number of carbonyl (C=O) groups excluding carboxylic acids is 1. The first kappa shape index (κ1) is 15.6. The number of carbonyl (C=O) groups is 1. The molecular formula is C14H19F2NO2. The Kier molecular flexibility index (Phi) is 5.89. The smallest absolute Gasteiger partial charge is 0.227 e. The first-order chi connectivity index (χ1) is 8.97. The van der Waals surface area contributed by atoms with E-state index < -0.39 is 11.6 Å². The monoisotopic (exact) mass is 271 g/mol. The molecule has 0 atom stereocenters. The van der Waals surface area contributed by atoms with E-state index >= 15 is 0 Å². The Morgan fingerprint density at radius 2 is 2.05 bits per heavy atom. The lowest BCUT2D eigenvalue weighted by atomic mass is 10.1. The first-order valence-electron chi connectivity index (χ1n) is 6.30. The number of hydrogen-bond acceptors (Lipinski definition) is 2. The third kappa shape index (κ3) is 4.28. The number of amides is 1. The molecule has 1 amide bonds. The third-order valence-corrected chi connectivity index (χ3v) is 2.87. The average molecular weight is 271 g/mol. The average Bonchev–Trinajstić information content (AvgIpc) is 2.35. The van der Waals surface area contributed by atoms with E-state index in [1.54, 1.807) is 4.90 Å². The molecule has 106 valence electrons. The molecule has 0 radical (unpaired) electrons. The van der Waals surface area contributed by atoms with Gasteiger partial charge in [-0.05, 0) is 26.3 Å². The Balaban J connectivity index is 2.78. The van der Waals surface area contributed by atoms with E-state index in [-0.39, 0.29) is 30.5 Å². The largest absolute Gasteiger partial charge is 0.396 e. The fourth-order valence-electron chi connectivity index (χ4n) is 1.86. The van der Waals surface area contributed by atoms with Gasteiger partial charge in [-0.25, -0.2) is 8.78 Å². The van der Waals surface area contributed by atoms with Crippen molar-refractivity contribution in [3.8, 4) is 0 Å². The highest BCUT2D eigenvalue weighted by Crippen LogP contribution is 2.14. The second-order valence-electron chi connectivity index (χ2n) is 4.65. The Hall–Kier alpha value is -1.49. The second-order valence-corrected chi connectivity index (χ2v) is 4.65. The van der Waals surface area contributed by atoms with Crippen molar-refractivity contribution in [1.29, 1.82) is 0 Å². The van der Waals surface area contributed by atoms with Gasteiger partial charge in [-0.3, -0.25) is 4.79 Å². The van der Waals surface area contributed by atoms with Crippen LogP contribution in [0.2, 0.25) is 0 Å². The van der Waals surface area contributed by atoms with Crippen LogP contribution in [0, 0.1) is 11.6 Å². The van der Waals surface area contributed by atoms with Crippen molar-refractivity contribution in [1.82, 2.24) is 4.90 Å². The summed E-state index contributed by atoms with van der Waals surface area (Å²) in [6, 6.07) is 3.76. The van der Waals surface area contributed by atoms with Gasteiger partial charge in [0, 0.05) is 24.8 Å². The van der Waals surface area contributed by atoms with Gasteiger partial charge in [0.25, 0.3) is 0 Å². The molecule has 5 heteroatoms. The summed E-state index contributed by atoms with van der Waals surface area (Å²) in [4.78, 5) is 13.6. The fourth-order valence-corrected chi connectivity index (χ4v) is 1.86. The van der Waals surface area contributed by atoms with Crippen LogP contribution in [0.3, 0.4) is 0 Å².